The Kier molecular flexibility index (Phi) is 6.48. The third-order valence-electron chi connectivity index (χ3n) is 6.52. The van der Waals surface area contributed by atoms with Crippen molar-refractivity contribution in [2.75, 3.05) is 26.2 Å². The number of ether oxygens (including phenoxy) is 2. The molecule has 0 radical (unpaired) electrons. The summed E-state index contributed by atoms with van der Waals surface area (Å²) in [5, 5.41) is 0. The van der Waals surface area contributed by atoms with E-state index in [4.69, 9.17) is 9.47 Å². The lowest BCUT2D eigenvalue weighted by molar-refractivity contribution is -0.137. The van der Waals surface area contributed by atoms with Crippen molar-refractivity contribution in [2.24, 2.45) is 5.41 Å². The van der Waals surface area contributed by atoms with E-state index in [0.29, 0.717) is 25.0 Å². The lowest BCUT2D eigenvalue weighted by atomic mass is 9.72. The molecule has 2 aliphatic rings. The zero-order valence-corrected chi connectivity index (χ0v) is 19.3. The van der Waals surface area contributed by atoms with Gasteiger partial charge in [0.05, 0.1) is 24.2 Å². The molecule has 8 nitrogen and oxygen atoms in total. The maximum Gasteiger partial charge on any atom is 0.418 e. The van der Waals surface area contributed by atoms with Crippen molar-refractivity contribution in [3.05, 3.63) is 72.6 Å². The molecule has 0 bridgehead atoms. The number of alkyl halides is 3. The first-order valence-corrected chi connectivity index (χ1v) is 11.5. The highest BCUT2D eigenvalue weighted by Gasteiger charge is 2.45. The lowest BCUT2D eigenvalue weighted by Crippen LogP contribution is -2.60. The van der Waals surface area contributed by atoms with Crippen LogP contribution in [-0.2, 0) is 12.7 Å². The number of piperidine rings is 1. The zero-order valence-electron chi connectivity index (χ0n) is 19.3. The van der Waals surface area contributed by atoms with Crippen molar-refractivity contribution in [2.45, 2.75) is 25.6 Å². The zero-order chi connectivity index (χ0) is 25.2. The molecule has 1 aromatic carbocycles. The molecule has 4 heterocycles. The van der Waals surface area contributed by atoms with Crippen LogP contribution >= 0.6 is 0 Å². The van der Waals surface area contributed by atoms with E-state index in [1.807, 2.05) is 18.2 Å². The van der Waals surface area contributed by atoms with Crippen molar-refractivity contribution in [1.29, 1.82) is 0 Å². The Morgan fingerprint density at radius 3 is 2.39 bits per heavy atom. The number of carbonyl (C=O) groups is 1. The van der Waals surface area contributed by atoms with Gasteiger partial charge in [-0.25, -0.2) is 14.8 Å². The lowest BCUT2D eigenvalue weighted by Gasteiger charge is -2.54. The van der Waals surface area contributed by atoms with E-state index in [-0.39, 0.29) is 11.2 Å². The van der Waals surface area contributed by atoms with Gasteiger partial charge in [0.1, 0.15) is 12.1 Å². The second-order valence-corrected chi connectivity index (χ2v) is 9.23. The summed E-state index contributed by atoms with van der Waals surface area (Å²) in [6, 6.07) is 8.68. The minimum atomic E-state index is -4.55. The fourth-order valence-corrected chi connectivity index (χ4v) is 4.73. The second-order valence-electron chi connectivity index (χ2n) is 9.23. The molecule has 0 unspecified atom stereocenters. The average molecular weight is 499 g/mol. The van der Waals surface area contributed by atoms with E-state index in [2.05, 4.69) is 25.9 Å². The molecule has 11 heteroatoms. The predicted molar refractivity (Wildman–Crippen MR) is 122 cm³/mol. The molecule has 188 valence electrons. The van der Waals surface area contributed by atoms with Crippen molar-refractivity contribution < 1.29 is 27.4 Å². The van der Waals surface area contributed by atoms with E-state index in [0.717, 1.165) is 56.1 Å². The number of likely N-dealkylation sites (tertiary alicyclic amines) is 2. The first-order chi connectivity index (χ1) is 17.3. The van der Waals surface area contributed by atoms with Gasteiger partial charge in [0.2, 0.25) is 0 Å². The van der Waals surface area contributed by atoms with Gasteiger partial charge >= 0.3 is 12.3 Å². The summed E-state index contributed by atoms with van der Waals surface area (Å²) >= 11 is 0. The summed E-state index contributed by atoms with van der Waals surface area (Å²) in [6.45, 7) is 3.64. The summed E-state index contributed by atoms with van der Waals surface area (Å²) < 4.78 is 49.6. The Balaban J connectivity index is 1.09. The molecule has 2 aromatic heterocycles. The SMILES string of the molecule is O=C(Oc1cncc(C(F)(F)F)c1)N1CCC2(CC1)CN(Cc1cccc(Oc3cncnc3)c1)C2. The Bertz CT molecular complexity index is 1210. The third kappa shape index (κ3) is 5.56. The Hall–Kier alpha value is -3.73. The number of hydrogen-bond donors (Lipinski definition) is 0. The molecule has 2 saturated heterocycles. The summed E-state index contributed by atoms with van der Waals surface area (Å²) in [7, 11) is 0. The normalized spacial score (nSPS) is 17.5. The molecule has 0 saturated carbocycles. The van der Waals surface area contributed by atoms with Crippen LogP contribution in [0.5, 0.6) is 17.2 Å². The van der Waals surface area contributed by atoms with E-state index in [1.54, 1.807) is 17.3 Å². The van der Waals surface area contributed by atoms with Gasteiger partial charge in [-0.1, -0.05) is 12.1 Å². The molecule has 1 amide bonds. The molecule has 0 N–H and O–H groups in total. The van der Waals surface area contributed by atoms with Gasteiger partial charge in [0, 0.05) is 38.9 Å². The molecule has 0 atom stereocenters. The van der Waals surface area contributed by atoms with Gasteiger partial charge in [-0.15, -0.1) is 0 Å². The van der Waals surface area contributed by atoms with Crippen LogP contribution in [0.4, 0.5) is 18.0 Å². The van der Waals surface area contributed by atoms with Crippen LogP contribution in [0.1, 0.15) is 24.0 Å². The quantitative estimate of drug-likeness (QED) is 0.500. The highest BCUT2D eigenvalue weighted by molar-refractivity contribution is 5.70. The number of carbonyl (C=O) groups excluding carboxylic acids is 1. The Labute approximate surface area is 205 Å². The largest absolute Gasteiger partial charge is 0.454 e. The fraction of sp³-hybridized carbons (Fsp3) is 0.360. The van der Waals surface area contributed by atoms with E-state index in [9.17, 15) is 18.0 Å². The number of pyridine rings is 1. The number of nitrogens with zero attached hydrogens (tertiary/aromatic N) is 5. The second kappa shape index (κ2) is 9.73. The standard InChI is InChI=1S/C25H24F3N5O3/c26-25(27,28)19-9-21(11-29-10-19)36-23(34)33-6-4-24(5-7-33)15-32(16-24)14-18-2-1-3-20(8-18)35-22-12-30-17-31-13-22/h1-3,8-13,17H,4-7,14-16H2. The van der Waals surface area contributed by atoms with Crippen LogP contribution in [0.3, 0.4) is 0 Å². The van der Waals surface area contributed by atoms with E-state index in [1.165, 1.54) is 6.33 Å². The number of amides is 1. The van der Waals surface area contributed by atoms with E-state index >= 15 is 0 Å². The van der Waals surface area contributed by atoms with Gasteiger partial charge in [-0.05, 0) is 42.0 Å². The van der Waals surface area contributed by atoms with Crippen LogP contribution in [0.25, 0.3) is 0 Å². The first kappa shape index (κ1) is 24.0. The van der Waals surface area contributed by atoms with Crippen LogP contribution in [0.15, 0.2) is 61.4 Å². The van der Waals surface area contributed by atoms with E-state index < -0.39 is 17.8 Å². The number of halogens is 3. The molecule has 3 aromatic rings. The average Bonchev–Trinajstić information content (AvgIpc) is 2.84. The summed E-state index contributed by atoms with van der Waals surface area (Å²) in [4.78, 5) is 27.8. The molecule has 5 rings (SSSR count). The molecule has 2 aliphatic heterocycles. The molecular formula is C25H24F3N5O3. The topological polar surface area (TPSA) is 80.7 Å². The highest BCUT2D eigenvalue weighted by Crippen LogP contribution is 2.41. The number of benzene rings is 1. The molecule has 0 aliphatic carbocycles. The van der Waals surface area contributed by atoms with Gasteiger partial charge in [0.25, 0.3) is 0 Å². The number of aromatic nitrogens is 3. The molecule has 36 heavy (non-hydrogen) atoms. The third-order valence-corrected chi connectivity index (χ3v) is 6.52. The fourth-order valence-electron chi connectivity index (χ4n) is 4.73. The van der Waals surface area contributed by atoms with Crippen LogP contribution in [0.2, 0.25) is 0 Å². The van der Waals surface area contributed by atoms with Crippen LogP contribution < -0.4 is 9.47 Å². The summed E-state index contributed by atoms with van der Waals surface area (Å²) in [5.41, 5.74) is 0.324. The van der Waals surface area contributed by atoms with Crippen LogP contribution in [0, 0.1) is 5.41 Å². The van der Waals surface area contributed by atoms with Gasteiger partial charge in [0.15, 0.2) is 11.5 Å². The van der Waals surface area contributed by atoms with Crippen molar-refractivity contribution >= 4 is 6.09 Å². The predicted octanol–water partition coefficient (Wildman–Crippen LogP) is 4.78. The van der Waals surface area contributed by atoms with Gasteiger partial charge in [-0.2, -0.15) is 13.2 Å². The van der Waals surface area contributed by atoms with Gasteiger partial charge < -0.3 is 14.4 Å². The Morgan fingerprint density at radius 2 is 1.67 bits per heavy atom. The molecular weight excluding hydrogens is 475 g/mol. The van der Waals surface area contributed by atoms with Crippen molar-refractivity contribution in [1.82, 2.24) is 24.8 Å². The van der Waals surface area contributed by atoms with Gasteiger partial charge in [-0.3, -0.25) is 9.88 Å². The first-order valence-electron chi connectivity index (χ1n) is 11.5. The van der Waals surface area contributed by atoms with Crippen molar-refractivity contribution in [3.63, 3.8) is 0 Å². The van der Waals surface area contributed by atoms with Crippen LogP contribution in [-0.4, -0.2) is 57.0 Å². The molecule has 1 spiro atoms. The smallest absolute Gasteiger partial charge is 0.418 e. The summed E-state index contributed by atoms with van der Waals surface area (Å²) in [6.07, 6.45) is 2.91. The number of rotatable bonds is 5. The minimum absolute atomic E-state index is 0.143. The minimum Gasteiger partial charge on any atom is -0.454 e. The van der Waals surface area contributed by atoms with Crippen molar-refractivity contribution in [3.8, 4) is 17.2 Å². The maximum absolute atomic E-state index is 12.9. The molecule has 2 fully saturated rings. The monoisotopic (exact) mass is 499 g/mol. The highest BCUT2D eigenvalue weighted by atomic mass is 19.4. The number of hydrogen-bond acceptors (Lipinski definition) is 7. The summed E-state index contributed by atoms with van der Waals surface area (Å²) in [5.74, 6) is 1.09. The maximum atomic E-state index is 12.9. The Morgan fingerprint density at radius 1 is 0.944 bits per heavy atom.